The zero-order chi connectivity index (χ0) is 22.9. The maximum atomic E-state index is 13.6. The summed E-state index contributed by atoms with van der Waals surface area (Å²) in [6.07, 6.45) is 1.23. The molecule has 2 aliphatic rings. The van der Waals surface area contributed by atoms with Crippen LogP contribution in [0.2, 0.25) is 0 Å². The third-order valence-corrected chi connectivity index (χ3v) is 7.03. The first-order valence-corrected chi connectivity index (χ1v) is 11.7. The molecule has 1 aliphatic carbocycles. The Balaban J connectivity index is 1.58. The number of carbonyl (C=O) groups is 1. The van der Waals surface area contributed by atoms with Crippen LogP contribution in [-0.4, -0.2) is 20.0 Å². The highest BCUT2D eigenvalue weighted by atomic mass is 79.9. The van der Waals surface area contributed by atoms with Crippen molar-refractivity contribution < 1.29 is 14.3 Å². The van der Waals surface area contributed by atoms with E-state index in [1.807, 2.05) is 54.6 Å². The fourth-order valence-corrected chi connectivity index (χ4v) is 5.27. The molecule has 168 valence electrons. The van der Waals surface area contributed by atoms with Crippen LogP contribution in [-0.2, 0) is 4.79 Å². The van der Waals surface area contributed by atoms with Crippen molar-refractivity contribution in [3.05, 3.63) is 93.6 Å². The number of ether oxygens (including phenoxy) is 2. The summed E-state index contributed by atoms with van der Waals surface area (Å²) in [6, 6.07) is 21.8. The number of ketones is 1. The van der Waals surface area contributed by atoms with E-state index in [4.69, 9.17) is 9.47 Å². The van der Waals surface area contributed by atoms with Gasteiger partial charge in [-0.2, -0.15) is 0 Å². The van der Waals surface area contributed by atoms with Gasteiger partial charge in [-0.25, -0.2) is 0 Å². The molecule has 3 aromatic carbocycles. The van der Waals surface area contributed by atoms with Gasteiger partial charge in [-0.05, 0) is 75.8 Å². The lowest BCUT2D eigenvalue weighted by molar-refractivity contribution is -0.116. The molecule has 1 aliphatic heterocycles. The van der Waals surface area contributed by atoms with Crippen LogP contribution in [0.3, 0.4) is 0 Å². The molecule has 1 heterocycles. The summed E-state index contributed by atoms with van der Waals surface area (Å²) in [5.41, 5.74) is 5.87. The number of benzene rings is 3. The molecule has 0 amide bonds. The lowest BCUT2D eigenvalue weighted by atomic mass is 9.78. The average molecular weight is 505 g/mol. The number of fused-ring (bicyclic) bond motifs is 1. The predicted octanol–water partition coefficient (Wildman–Crippen LogP) is 6.45. The Bertz CT molecular complexity index is 1240. The molecule has 0 spiro atoms. The van der Waals surface area contributed by atoms with Crippen molar-refractivity contribution in [3.63, 3.8) is 0 Å². The van der Waals surface area contributed by atoms with Crippen LogP contribution < -0.4 is 20.1 Å². The van der Waals surface area contributed by atoms with Gasteiger partial charge in [-0.3, -0.25) is 4.79 Å². The van der Waals surface area contributed by atoms with Gasteiger partial charge in [0.15, 0.2) is 5.78 Å². The number of Topliss-reactive ketones (excluding diaryl/α,β-unsaturated/α-hetero) is 1. The SMILES string of the molecule is COc1ccc([C@H]2CC(=O)C3=C(C2)Nc2ccccc2N[C@@H]3c2ccc(OC)c(Br)c2)cc1. The highest BCUT2D eigenvalue weighted by molar-refractivity contribution is 9.10. The number of allylic oxidation sites excluding steroid dienone is 1. The molecule has 0 radical (unpaired) electrons. The largest absolute Gasteiger partial charge is 0.497 e. The number of hydrogen-bond acceptors (Lipinski definition) is 5. The van der Waals surface area contributed by atoms with Crippen molar-refractivity contribution in [3.8, 4) is 11.5 Å². The third-order valence-electron chi connectivity index (χ3n) is 6.41. The third kappa shape index (κ3) is 4.11. The average Bonchev–Trinajstić information content (AvgIpc) is 3.01. The molecule has 0 unspecified atom stereocenters. The van der Waals surface area contributed by atoms with E-state index in [2.05, 4.69) is 38.7 Å². The van der Waals surface area contributed by atoms with E-state index in [1.54, 1.807) is 14.2 Å². The van der Waals surface area contributed by atoms with E-state index in [1.165, 1.54) is 0 Å². The number of rotatable bonds is 4. The summed E-state index contributed by atoms with van der Waals surface area (Å²) < 4.78 is 11.6. The van der Waals surface area contributed by atoms with Crippen molar-refractivity contribution in [2.45, 2.75) is 24.8 Å². The van der Waals surface area contributed by atoms with Crippen molar-refractivity contribution in [2.24, 2.45) is 0 Å². The molecule has 3 aromatic rings. The fraction of sp³-hybridized carbons (Fsp3) is 0.222. The molecule has 2 N–H and O–H groups in total. The number of halogens is 1. The minimum absolute atomic E-state index is 0.114. The van der Waals surface area contributed by atoms with Gasteiger partial charge in [-0.15, -0.1) is 0 Å². The summed E-state index contributed by atoms with van der Waals surface area (Å²) in [5.74, 6) is 1.84. The Morgan fingerprint density at radius 1 is 0.879 bits per heavy atom. The van der Waals surface area contributed by atoms with E-state index >= 15 is 0 Å². The molecule has 2 atom stereocenters. The molecule has 5 rings (SSSR count). The number of methoxy groups -OCH3 is 2. The van der Waals surface area contributed by atoms with Crippen LogP contribution in [0.4, 0.5) is 11.4 Å². The molecule has 0 aromatic heterocycles. The van der Waals surface area contributed by atoms with Gasteiger partial charge in [0.25, 0.3) is 0 Å². The highest BCUT2D eigenvalue weighted by Gasteiger charge is 2.36. The fourth-order valence-electron chi connectivity index (χ4n) is 4.72. The Labute approximate surface area is 201 Å². The van der Waals surface area contributed by atoms with Gasteiger partial charge in [0, 0.05) is 17.7 Å². The lowest BCUT2D eigenvalue weighted by Crippen LogP contribution is -2.26. The molecule has 0 fully saturated rings. The smallest absolute Gasteiger partial charge is 0.163 e. The van der Waals surface area contributed by atoms with Crippen molar-refractivity contribution in [2.75, 3.05) is 24.9 Å². The zero-order valence-electron chi connectivity index (χ0n) is 18.5. The van der Waals surface area contributed by atoms with Gasteiger partial charge in [0.05, 0.1) is 36.1 Å². The molecule has 0 saturated carbocycles. The first-order chi connectivity index (χ1) is 16.1. The van der Waals surface area contributed by atoms with Crippen molar-refractivity contribution in [1.82, 2.24) is 0 Å². The standard InChI is InChI=1S/C27H25BrN2O3/c1-32-19-10-7-16(8-11-19)18-14-23-26(24(31)15-18)27(17-9-12-25(33-2)20(28)13-17)30-22-6-4-3-5-21(22)29-23/h3-13,18,27,29-30H,14-15H2,1-2H3/t18-,27-/m1/s1. The molecule has 0 bridgehead atoms. The van der Waals surface area contributed by atoms with Crippen LogP contribution in [0.25, 0.3) is 0 Å². The van der Waals surface area contributed by atoms with E-state index in [0.29, 0.717) is 6.42 Å². The Morgan fingerprint density at radius 3 is 2.30 bits per heavy atom. The van der Waals surface area contributed by atoms with E-state index < -0.39 is 0 Å². The van der Waals surface area contributed by atoms with Crippen molar-refractivity contribution >= 4 is 33.1 Å². The zero-order valence-corrected chi connectivity index (χ0v) is 20.1. The maximum Gasteiger partial charge on any atom is 0.163 e. The van der Waals surface area contributed by atoms with Gasteiger partial charge >= 0.3 is 0 Å². The lowest BCUT2D eigenvalue weighted by Gasteiger charge is -2.30. The van der Waals surface area contributed by atoms with E-state index in [0.717, 1.165) is 56.2 Å². The summed E-state index contributed by atoms with van der Waals surface area (Å²) in [6.45, 7) is 0. The van der Waals surface area contributed by atoms with Gasteiger partial charge in [-0.1, -0.05) is 30.3 Å². The minimum atomic E-state index is -0.261. The monoisotopic (exact) mass is 504 g/mol. The van der Waals surface area contributed by atoms with E-state index in [9.17, 15) is 4.79 Å². The minimum Gasteiger partial charge on any atom is -0.497 e. The molecule has 0 saturated heterocycles. The first kappa shape index (κ1) is 21.6. The Kier molecular flexibility index (Phi) is 5.85. The second kappa shape index (κ2) is 8.94. The molecular formula is C27H25BrN2O3. The summed E-state index contributed by atoms with van der Waals surface area (Å²) in [7, 11) is 3.31. The summed E-state index contributed by atoms with van der Waals surface area (Å²) in [5, 5.41) is 7.21. The highest BCUT2D eigenvalue weighted by Crippen LogP contribution is 2.45. The Hall–Kier alpha value is -3.25. The molecular weight excluding hydrogens is 480 g/mol. The van der Waals surface area contributed by atoms with Crippen molar-refractivity contribution in [1.29, 1.82) is 0 Å². The second-order valence-corrected chi connectivity index (χ2v) is 9.19. The first-order valence-electron chi connectivity index (χ1n) is 10.9. The quantitative estimate of drug-likeness (QED) is 0.427. The van der Waals surface area contributed by atoms with Crippen LogP contribution in [0.15, 0.2) is 82.5 Å². The van der Waals surface area contributed by atoms with Crippen LogP contribution in [0.5, 0.6) is 11.5 Å². The van der Waals surface area contributed by atoms with Crippen LogP contribution in [0, 0.1) is 0 Å². The van der Waals surface area contributed by atoms with E-state index in [-0.39, 0.29) is 17.7 Å². The number of para-hydroxylation sites is 2. The number of hydrogen-bond donors (Lipinski definition) is 2. The van der Waals surface area contributed by atoms with Gasteiger partial charge < -0.3 is 20.1 Å². The van der Waals surface area contributed by atoms with Crippen LogP contribution in [0.1, 0.15) is 35.9 Å². The van der Waals surface area contributed by atoms with Crippen LogP contribution >= 0.6 is 15.9 Å². The summed E-state index contributed by atoms with van der Waals surface area (Å²) in [4.78, 5) is 13.6. The molecule has 33 heavy (non-hydrogen) atoms. The summed E-state index contributed by atoms with van der Waals surface area (Å²) >= 11 is 3.60. The normalized spacial score (nSPS) is 19.5. The Morgan fingerprint density at radius 2 is 1.61 bits per heavy atom. The molecule has 6 heteroatoms. The van der Waals surface area contributed by atoms with Gasteiger partial charge in [0.2, 0.25) is 0 Å². The maximum absolute atomic E-state index is 13.6. The number of anilines is 2. The predicted molar refractivity (Wildman–Crippen MR) is 134 cm³/mol. The molecule has 5 nitrogen and oxygen atoms in total. The topological polar surface area (TPSA) is 59.6 Å². The van der Waals surface area contributed by atoms with Gasteiger partial charge in [0.1, 0.15) is 11.5 Å². The second-order valence-electron chi connectivity index (χ2n) is 8.34. The number of carbonyl (C=O) groups excluding carboxylic acids is 1. The number of nitrogens with one attached hydrogen (secondary N) is 2.